The van der Waals surface area contributed by atoms with Gasteiger partial charge in [0.15, 0.2) is 5.78 Å². The monoisotopic (exact) mass is 497 g/mol. The van der Waals surface area contributed by atoms with Crippen molar-refractivity contribution in [3.63, 3.8) is 0 Å². The van der Waals surface area contributed by atoms with Crippen molar-refractivity contribution in [1.82, 2.24) is 0 Å². The quantitative estimate of drug-likeness (QED) is 0.284. The van der Waals surface area contributed by atoms with Gasteiger partial charge in [0, 0.05) is 22.7 Å². The Morgan fingerprint density at radius 3 is 1.86 bits per heavy atom. The van der Waals surface area contributed by atoms with Gasteiger partial charge in [0.1, 0.15) is 0 Å². The SMILES string of the molecule is CCC(CC(C)(C)C(CC(C)(C)C)c1ccc(C)cc1)C(=O)Nc1ccc(C(=O)c2ccccc2)cc1. The first kappa shape index (κ1) is 28.4. The average molecular weight is 498 g/mol. The van der Waals surface area contributed by atoms with E-state index in [1.54, 1.807) is 12.1 Å². The van der Waals surface area contributed by atoms with Crippen LogP contribution < -0.4 is 5.32 Å². The number of anilines is 1. The Morgan fingerprint density at radius 2 is 1.32 bits per heavy atom. The third-order valence-electron chi connectivity index (χ3n) is 7.33. The highest BCUT2D eigenvalue weighted by Crippen LogP contribution is 2.47. The fraction of sp³-hybridized carbons (Fsp3) is 0.412. The van der Waals surface area contributed by atoms with Crippen molar-refractivity contribution in [3.05, 3.63) is 101 Å². The van der Waals surface area contributed by atoms with Crippen LogP contribution >= 0.6 is 0 Å². The molecule has 3 nitrogen and oxygen atoms in total. The van der Waals surface area contributed by atoms with Crippen LogP contribution in [0.2, 0.25) is 0 Å². The molecule has 37 heavy (non-hydrogen) atoms. The summed E-state index contributed by atoms with van der Waals surface area (Å²) in [7, 11) is 0. The molecule has 3 aromatic rings. The number of hydrogen-bond donors (Lipinski definition) is 1. The zero-order valence-electron chi connectivity index (χ0n) is 23.6. The lowest BCUT2D eigenvalue weighted by atomic mass is 9.64. The molecule has 0 heterocycles. The Kier molecular flexibility index (Phi) is 9.12. The highest BCUT2D eigenvalue weighted by molar-refractivity contribution is 6.09. The summed E-state index contributed by atoms with van der Waals surface area (Å²) in [5.74, 6) is 0.260. The van der Waals surface area contributed by atoms with Gasteiger partial charge in [-0.2, -0.15) is 0 Å². The van der Waals surface area contributed by atoms with Gasteiger partial charge in [0.2, 0.25) is 5.91 Å². The zero-order valence-corrected chi connectivity index (χ0v) is 23.6. The Hall–Kier alpha value is -3.20. The van der Waals surface area contributed by atoms with E-state index in [1.165, 1.54) is 11.1 Å². The molecule has 2 unspecified atom stereocenters. The standard InChI is InChI=1S/C34H43NO2/c1-8-25(22-34(6,7)30(23-33(3,4)5)26-16-14-24(2)15-17-26)32(37)35-29-20-18-28(19-21-29)31(36)27-12-10-9-11-13-27/h9-21,25,30H,8,22-23H2,1-7H3,(H,35,37). The van der Waals surface area contributed by atoms with Gasteiger partial charge >= 0.3 is 0 Å². The van der Waals surface area contributed by atoms with E-state index in [0.29, 0.717) is 17.0 Å². The summed E-state index contributed by atoms with van der Waals surface area (Å²) >= 11 is 0. The molecule has 0 saturated heterocycles. The van der Waals surface area contributed by atoms with E-state index in [2.05, 4.69) is 78.0 Å². The van der Waals surface area contributed by atoms with Crippen LogP contribution in [0.1, 0.15) is 93.8 Å². The number of nitrogens with one attached hydrogen (secondary N) is 1. The molecule has 0 spiro atoms. The van der Waals surface area contributed by atoms with Crippen LogP contribution in [0.25, 0.3) is 0 Å². The van der Waals surface area contributed by atoms with E-state index in [1.807, 2.05) is 42.5 Å². The topological polar surface area (TPSA) is 46.2 Å². The number of hydrogen-bond acceptors (Lipinski definition) is 2. The predicted octanol–water partition coefficient (Wildman–Crippen LogP) is 8.83. The fourth-order valence-corrected chi connectivity index (χ4v) is 5.16. The van der Waals surface area contributed by atoms with Crippen molar-refractivity contribution < 1.29 is 9.59 Å². The molecule has 0 radical (unpaired) electrons. The van der Waals surface area contributed by atoms with E-state index >= 15 is 0 Å². The molecule has 3 heteroatoms. The number of amides is 1. The summed E-state index contributed by atoms with van der Waals surface area (Å²) in [4.78, 5) is 26.1. The highest BCUT2D eigenvalue weighted by atomic mass is 16.2. The first-order valence-corrected chi connectivity index (χ1v) is 13.5. The van der Waals surface area contributed by atoms with E-state index < -0.39 is 0 Å². The summed E-state index contributed by atoms with van der Waals surface area (Å²) in [6.45, 7) is 15.7. The molecule has 0 aliphatic carbocycles. The van der Waals surface area contributed by atoms with Gasteiger partial charge in [0.25, 0.3) is 0 Å². The second-order valence-electron chi connectivity index (χ2n) is 12.3. The van der Waals surface area contributed by atoms with Gasteiger partial charge in [0.05, 0.1) is 0 Å². The van der Waals surface area contributed by atoms with Crippen molar-refractivity contribution in [2.45, 2.75) is 73.6 Å². The number of carbonyl (C=O) groups excluding carboxylic acids is 2. The van der Waals surface area contributed by atoms with Gasteiger partial charge in [-0.25, -0.2) is 0 Å². The summed E-state index contributed by atoms with van der Waals surface area (Å²) in [5.41, 5.74) is 4.71. The van der Waals surface area contributed by atoms with Crippen molar-refractivity contribution in [1.29, 1.82) is 0 Å². The lowest BCUT2D eigenvalue weighted by Crippen LogP contribution is -2.33. The molecule has 0 saturated carbocycles. The van der Waals surface area contributed by atoms with Crippen LogP contribution in [0.15, 0.2) is 78.9 Å². The molecule has 196 valence electrons. The Bertz CT molecular complexity index is 1170. The third kappa shape index (κ3) is 7.89. The fourth-order valence-electron chi connectivity index (χ4n) is 5.16. The zero-order chi connectivity index (χ0) is 27.2. The molecule has 0 fully saturated rings. The molecule has 0 aromatic heterocycles. The molecule has 0 aliphatic rings. The average Bonchev–Trinajstić information content (AvgIpc) is 2.86. The van der Waals surface area contributed by atoms with E-state index in [4.69, 9.17) is 0 Å². The molecular formula is C34H43NO2. The first-order valence-electron chi connectivity index (χ1n) is 13.5. The number of rotatable bonds is 10. The lowest BCUT2D eigenvalue weighted by Gasteiger charge is -2.40. The molecule has 3 rings (SSSR count). The molecule has 3 aromatic carbocycles. The van der Waals surface area contributed by atoms with Gasteiger partial charge in [-0.05, 0) is 72.8 Å². The normalized spacial score (nSPS) is 13.6. The van der Waals surface area contributed by atoms with Gasteiger partial charge in [-0.15, -0.1) is 0 Å². The molecular weight excluding hydrogens is 454 g/mol. The van der Waals surface area contributed by atoms with Crippen molar-refractivity contribution in [3.8, 4) is 0 Å². The van der Waals surface area contributed by atoms with Crippen molar-refractivity contribution >= 4 is 17.4 Å². The van der Waals surface area contributed by atoms with Crippen LogP contribution in [0, 0.1) is 23.7 Å². The van der Waals surface area contributed by atoms with Crippen LogP contribution in [0.5, 0.6) is 0 Å². The van der Waals surface area contributed by atoms with E-state index in [0.717, 1.165) is 24.9 Å². The first-order chi connectivity index (χ1) is 17.4. The number of benzene rings is 3. The minimum absolute atomic E-state index is 0.0207. The van der Waals surface area contributed by atoms with Gasteiger partial charge < -0.3 is 5.32 Å². The van der Waals surface area contributed by atoms with E-state index in [-0.39, 0.29) is 28.4 Å². The summed E-state index contributed by atoms with van der Waals surface area (Å²) in [6.07, 6.45) is 2.63. The maximum atomic E-state index is 13.4. The number of aryl methyl sites for hydroxylation is 1. The summed E-state index contributed by atoms with van der Waals surface area (Å²) in [5, 5.41) is 3.11. The van der Waals surface area contributed by atoms with Crippen molar-refractivity contribution in [2.75, 3.05) is 5.32 Å². The Morgan fingerprint density at radius 1 is 0.757 bits per heavy atom. The van der Waals surface area contributed by atoms with Crippen LogP contribution in [0.4, 0.5) is 5.69 Å². The Labute approximate surface area is 223 Å². The molecule has 1 N–H and O–H groups in total. The molecule has 2 atom stereocenters. The van der Waals surface area contributed by atoms with Crippen LogP contribution in [-0.4, -0.2) is 11.7 Å². The maximum absolute atomic E-state index is 13.4. The molecule has 0 aliphatic heterocycles. The minimum atomic E-state index is -0.103. The van der Waals surface area contributed by atoms with Gasteiger partial charge in [-0.1, -0.05) is 102 Å². The third-order valence-corrected chi connectivity index (χ3v) is 7.33. The maximum Gasteiger partial charge on any atom is 0.227 e. The smallest absolute Gasteiger partial charge is 0.227 e. The predicted molar refractivity (Wildman–Crippen MR) is 155 cm³/mol. The van der Waals surface area contributed by atoms with Gasteiger partial charge in [-0.3, -0.25) is 9.59 Å². The van der Waals surface area contributed by atoms with Crippen LogP contribution in [-0.2, 0) is 4.79 Å². The second-order valence-corrected chi connectivity index (χ2v) is 12.3. The van der Waals surface area contributed by atoms with E-state index in [9.17, 15) is 9.59 Å². The number of carbonyl (C=O) groups is 2. The second kappa shape index (κ2) is 11.9. The largest absolute Gasteiger partial charge is 0.326 e. The van der Waals surface area contributed by atoms with Crippen LogP contribution in [0.3, 0.4) is 0 Å². The highest BCUT2D eigenvalue weighted by Gasteiger charge is 2.37. The summed E-state index contributed by atoms with van der Waals surface area (Å²) < 4.78 is 0. The molecule has 1 amide bonds. The number of ketones is 1. The minimum Gasteiger partial charge on any atom is -0.326 e. The Balaban J connectivity index is 1.73. The lowest BCUT2D eigenvalue weighted by molar-refractivity contribution is -0.121. The summed E-state index contributed by atoms with van der Waals surface area (Å²) in [6, 6.07) is 25.4. The molecule has 0 bridgehead atoms. The van der Waals surface area contributed by atoms with Crippen molar-refractivity contribution in [2.24, 2.45) is 16.7 Å².